The minimum atomic E-state index is -0.0945. The van der Waals surface area contributed by atoms with E-state index in [4.69, 9.17) is 17.3 Å². The fourth-order valence-electron chi connectivity index (χ4n) is 2.07. The first-order valence-corrected chi connectivity index (χ1v) is 6.07. The van der Waals surface area contributed by atoms with E-state index in [0.717, 1.165) is 30.2 Å². The van der Waals surface area contributed by atoms with Crippen LogP contribution in [0.15, 0.2) is 24.3 Å². The highest BCUT2D eigenvalue weighted by atomic mass is 35.5. The highest BCUT2D eigenvalue weighted by Gasteiger charge is 2.23. The van der Waals surface area contributed by atoms with E-state index in [2.05, 4.69) is 10.2 Å². The van der Waals surface area contributed by atoms with Gasteiger partial charge in [0.25, 0.3) is 0 Å². The minimum absolute atomic E-state index is 0.0493. The van der Waals surface area contributed by atoms with Gasteiger partial charge in [-0.25, -0.2) is 0 Å². The maximum absolute atomic E-state index is 11.2. The van der Waals surface area contributed by atoms with Gasteiger partial charge >= 0.3 is 0 Å². The Hall–Kier alpha value is -1.26. The number of nitrogens with one attached hydrogen (secondary N) is 1. The Balaban J connectivity index is 1.96. The van der Waals surface area contributed by atoms with Gasteiger partial charge in [-0.1, -0.05) is 17.7 Å². The average Bonchev–Trinajstić information content (AvgIpc) is 2.77. The maximum atomic E-state index is 11.2. The predicted molar refractivity (Wildman–Crippen MR) is 69.3 cm³/mol. The van der Waals surface area contributed by atoms with Gasteiger partial charge in [-0.3, -0.25) is 4.79 Å². The van der Waals surface area contributed by atoms with Crippen molar-refractivity contribution in [2.24, 2.45) is 5.73 Å². The summed E-state index contributed by atoms with van der Waals surface area (Å²) in [5.74, 6) is -0.0945. The zero-order chi connectivity index (χ0) is 12.3. The van der Waals surface area contributed by atoms with Gasteiger partial charge in [-0.05, 0) is 24.6 Å². The van der Waals surface area contributed by atoms with Crippen molar-refractivity contribution >= 4 is 23.2 Å². The second-order valence-corrected chi connectivity index (χ2v) is 4.62. The zero-order valence-corrected chi connectivity index (χ0v) is 10.3. The van der Waals surface area contributed by atoms with Crippen molar-refractivity contribution in [1.29, 1.82) is 0 Å². The van der Waals surface area contributed by atoms with E-state index in [1.54, 1.807) is 0 Å². The monoisotopic (exact) mass is 253 g/mol. The number of rotatable bonds is 3. The lowest BCUT2D eigenvalue weighted by atomic mass is 10.2. The Labute approximate surface area is 106 Å². The zero-order valence-electron chi connectivity index (χ0n) is 9.53. The van der Waals surface area contributed by atoms with Crippen LogP contribution in [0.5, 0.6) is 0 Å². The van der Waals surface area contributed by atoms with Gasteiger partial charge < -0.3 is 16.0 Å². The molecule has 17 heavy (non-hydrogen) atoms. The van der Waals surface area contributed by atoms with E-state index >= 15 is 0 Å². The van der Waals surface area contributed by atoms with Crippen LogP contribution in [-0.4, -0.2) is 31.6 Å². The van der Waals surface area contributed by atoms with E-state index < -0.39 is 0 Å². The lowest BCUT2D eigenvalue weighted by Crippen LogP contribution is -2.40. The van der Waals surface area contributed by atoms with E-state index in [1.807, 2.05) is 24.3 Å². The molecule has 1 aromatic rings. The van der Waals surface area contributed by atoms with Crippen LogP contribution in [0.4, 0.5) is 5.69 Å². The molecule has 0 aromatic heterocycles. The molecule has 1 unspecified atom stereocenters. The van der Waals surface area contributed by atoms with Crippen molar-refractivity contribution in [2.45, 2.75) is 12.5 Å². The number of anilines is 1. The van der Waals surface area contributed by atoms with Crippen molar-refractivity contribution < 1.29 is 4.79 Å². The summed E-state index contributed by atoms with van der Waals surface area (Å²) in [6, 6.07) is 7.94. The SMILES string of the molecule is NCC(=O)NC1CCN(c2cccc(Cl)c2)C1. The predicted octanol–water partition coefficient (Wildman–Crippen LogP) is 0.994. The Morgan fingerprint density at radius 3 is 3.12 bits per heavy atom. The molecule has 0 bridgehead atoms. The van der Waals surface area contributed by atoms with Gasteiger partial charge in [-0.15, -0.1) is 0 Å². The fourth-order valence-corrected chi connectivity index (χ4v) is 2.26. The van der Waals surface area contributed by atoms with Gasteiger partial charge in [0.05, 0.1) is 6.54 Å². The number of amides is 1. The molecule has 1 fully saturated rings. The Kier molecular flexibility index (Phi) is 3.86. The Morgan fingerprint density at radius 1 is 1.59 bits per heavy atom. The van der Waals surface area contributed by atoms with Gasteiger partial charge in [-0.2, -0.15) is 0 Å². The Bertz CT molecular complexity index is 410. The number of hydrogen-bond acceptors (Lipinski definition) is 3. The molecule has 2 rings (SSSR count). The standard InChI is InChI=1S/C12H16ClN3O/c13-9-2-1-3-11(6-9)16-5-4-10(8-16)15-12(17)7-14/h1-3,6,10H,4-5,7-8,14H2,(H,15,17). The van der Waals surface area contributed by atoms with Crippen LogP contribution < -0.4 is 16.0 Å². The molecule has 1 aliphatic rings. The third-order valence-corrected chi connectivity index (χ3v) is 3.15. The summed E-state index contributed by atoms with van der Waals surface area (Å²) in [6.07, 6.45) is 0.943. The number of halogens is 1. The van der Waals surface area contributed by atoms with Crippen LogP contribution in [0.3, 0.4) is 0 Å². The summed E-state index contributed by atoms with van der Waals surface area (Å²) in [7, 11) is 0. The van der Waals surface area contributed by atoms with Crippen LogP contribution in [0, 0.1) is 0 Å². The molecule has 1 atom stereocenters. The number of nitrogens with zero attached hydrogens (tertiary/aromatic N) is 1. The smallest absolute Gasteiger partial charge is 0.234 e. The van der Waals surface area contributed by atoms with E-state index in [0.29, 0.717) is 0 Å². The average molecular weight is 254 g/mol. The molecule has 1 amide bonds. The molecule has 1 aliphatic heterocycles. The maximum Gasteiger partial charge on any atom is 0.234 e. The largest absolute Gasteiger partial charge is 0.369 e. The second kappa shape index (κ2) is 5.38. The molecule has 4 nitrogen and oxygen atoms in total. The van der Waals surface area contributed by atoms with E-state index in [1.165, 1.54) is 0 Å². The molecule has 3 N–H and O–H groups in total. The number of carbonyl (C=O) groups is 1. The van der Waals surface area contributed by atoms with E-state index in [9.17, 15) is 4.79 Å². The lowest BCUT2D eigenvalue weighted by molar-refractivity contribution is -0.120. The molecular weight excluding hydrogens is 238 g/mol. The fraction of sp³-hybridized carbons (Fsp3) is 0.417. The number of benzene rings is 1. The molecule has 5 heteroatoms. The third kappa shape index (κ3) is 3.11. The lowest BCUT2D eigenvalue weighted by Gasteiger charge is -2.19. The number of nitrogens with two attached hydrogens (primary N) is 1. The summed E-state index contributed by atoms with van der Waals surface area (Å²) in [5, 5.41) is 3.64. The summed E-state index contributed by atoms with van der Waals surface area (Å²) in [6.45, 7) is 1.79. The van der Waals surface area contributed by atoms with Crippen molar-refractivity contribution in [3.8, 4) is 0 Å². The summed E-state index contributed by atoms with van der Waals surface area (Å²) >= 11 is 5.95. The van der Waals surface area contributed by atoms with Crippen LogP contribution in [0.2, 0.25) is 5.02 Å². The molecule has 1 saturated heterocycles. The molecule has 1 heterocycles. The first-order valence-electron chi connectivity index (χ1n) is 5.69. The number of hydrogen-bond donors (Lipinski definition) is 2. The normalized spacial score (nSPS) is 19.4. The van der Waals surface area contributed by atoms with Crippen molar-refractivity contribution in [3.63, 3.8) is 0 Å². The molecule has 0 saturated carbocycles. The van der Waals surface area contributed by atoms with Gasteiger partial charge in [0.15, 0.2) is 0 Å². The van der Waals surface area contributed by atoms with Crippen LogP contribution in [0.25, 0.3) is 0 Å². The third-order valence-electron chi connectivity index (χ3n) is 2.91. The Morgan fingerprint density at radius 2 is 2.41 bits per heavy atom. The summed E-state index contributed by atoms with van der Waals surface area (Å²) in [5.41, 5.74) is 6.37. The van der Waals surface area contributed by atoms with Crippen molar-refractivity contribution in [2.75, 3.05) is 24.5 Å². The van der Waals surface area contributed by atoms with Crippen LogP contribution in [-0.2, 0) is 4.79 Å². The molecule has 0 radical (unpaired) electrons. The quantitative estimate of drug-likeness (QED) is 0.845. The second-order valence-electron chi connectivity index (χ2n) is 4.18. The number of carbonyl (C=O) groups excluding carboxylic acids is 1. The van der Waals surface area contributed by atoms with E-state index in [-0.39, 0.29) is 18.5 Å². The minimum Gasteiger partial charge on any atom is -0.369 e. The topological polar surface area (TPSA) is 58.4 Å². The summed E-state index contributed by atoms with van der Waals surface area (Å²) in [4.78, 5) is 13.4. The highest BCUT2D eigenvalue weighted by Crippen LogP contribution is 2.23. The molecular formula is C12H16ClN3O. The summed E-state index contributed by atoms with van der Waals surface area (Å²) < 4.78 is 0. The van der Waals surface area contributed by atoms with Gasteiger partial charge in [0.2, 0.25) is 5.91 Å². The van der Waals surface area contributed by atoms with Gasteiger partial charge in [0.1, 0.15) is 0 Å². The van der Waals surface area contributed by atoms with Crippen molar-refractivity contribution in [3.05, 3.63) is 29.3 Å². The highest BCUT2D eigenvalue weighted by molar-refractivity contribution is 6.30. The first-order chi connectivity index (χ1) is 8.19. The molecule has 0 aliphatic carbocycles. The van der Waals surface area contributed by atoms with Crippen molar-refractivity contribution in [1.82, 2.24) is 5.32 Å². The molecule has 0 spiro atoms. The van der Waals surface area contributed by atoms with Crippen LogP contribution in [0.1, 0.15) is 6.42 Å². The van der Waals surface area contributed by atoms with Gasteiger partial charge in [0, 0.05) is 29.8 Å². The van der Waals surface area contributed by atoms with Crippen LogP contribution >= 0.6 is 11.6 Å². The first kappa shape index (κ1) is 12.2. The molecule has 92 valence electrons. The molecule has 1 aromatic carbocycles.